The Morgan fingerprint density at radius 2 is 1.69 bits per heavy atom. The summed E-state index contributed by atoms with van der Waals surface area (Å²) in [5.74, 6) is -2.45. The van der Waals surface area contributed by atoms with E-state index in [1.54, 1.807) is 35.4 Å². The van der Waals surface area contributed by atoms with Gasteiger partial charge in [-0.05, 0) is 43.7 Å². The van der Waals surface area contributed by atoms with Gasteiger partial charge >= 0.3 is 5.97 Å². The second-order valence-corrected chi connectivity index (χ2v) is 8.68. The largest absolute Gasteiger partial charge is 0.482 e. The van der Waals surface area contributed by atoms with Crippen molar-refractivity contribution in [3.8, 4) is 5.75 Å². The van der Waals surface area contributed by atoms with E-state index in [4.69, 9.17) is 14.7 Å². The molecule has 0 spiro atoms. The Bertz CT molecular complexity index is 1310. The summed E-state index contributed by atoms with van der Waals surface area (Å²) in [7, 11) is 0. The van der Waals surface area contributed by atoms with Gasteiger partial charge in [0, 0.05) is 5.56 Å². The van der Waals surface area contributed by atoms with Crippen molar-refractivity contribution in [1.82, 2.24) is 0 Å². The lowest BCUT2D eigenvalue weighted by Gasteiger charge is -2.30. The van der Waals surface area contributed by atoms with Crippen LogP contribution in [0.25, 0.3) is 0 Å². The maximum Gasteiger partial charge on any atom is 0.341 e. The van der Waals surface area contributed by atoms with Gasteiger partial charge < -0.3 is 9.84 Å². The summed E-state index contributed by atoms with van der Waals surface area (Å²) in [6.45, 7) is 3.27. The zero-order valence-electron chi connectivity index (χ0n) is 19.3. The molecule has 2 aliphatic heterocycles. The molecule has 2 saturated heterocycles. The number of fused-ring (bicyclic) bond motifs is 1. The molecule has 0 bridgehead atoms. The quantitative estimate of drug-likeness (QED) is 0.545. The molecule has 2 aliphatic rings. The first-order valence-corrected chi connectivity index (χ1v) is 11.3. The zero-order valence-corrected chi connectivity index (χ0v) is 19.3. The number of hydrogen-bond donors (Lipinski definition) is 1. The molecule has 2 fully saturated rings. The molecule has 0 aliphatic carbocycles. The second kappa shape index (κ2) is 8.88. The van der Waals surface area contributed by atoms with E-state index in [0.29, 0.717) is 22.7 Å². The minimum absolute atomic E-state index is 0.315. The highest BCUT2D eigenvalue weighted by atomic mass is 16.7. The van der Waals surface area contributed by atoms with E-state index in [9.17, 15) is 14.4 Å². The highest BCUT2D eigenvalue weighted by Crippen LogP contribution is 2.49. The van der Waals surface area contributed by atoms with Gasteiger partial charge in [0.05, 0.1) is 17.4 Å². The van der Waals surface area contributed by atoms with Crippen molar-refractivity contribution in [2.75, 3.05) is 16.6 Å². The topological polar surface area (TPSA) is 96.4 Å². The lowest BCUT2D eigenvalue weighted by atomic mass is 9.90. The van der Waals surface area contributed by atoms with Crippen LogP contribution in [0.15, 0.2) is 72.8 Å². The number of carbonyl (C=O) groups excluding carboxylic acids is 2. The first kappa shape index (κ1) is 22.6. The number of imide groups is 1. The first-order chi connectivity index (χ1) is 16.9. The minimum atomic E-state index is -1.12. The Kier molecular flexibility index (Phi) is 5.74. The summed E-state index contributed by atoms with van der Waals surface area (Å²) in [6, 6.07) is 21.0. The molecule has 8 nitrogen and oxygen atoms in total. The SMILES string of the molecule is Cc1ccc(N2C(=O)[C@H]3[C@H](ON(c4ccccc4)[C@H]3c3ccccc3OCC(=O)O)C2=O)c(C)c1. The Balaban J connectivity index is 1.60. The number of hydroxylamine groups is 1. The van der Waals surface area contributed by atoms with E-state index >= 15 is 0 Å². The third-order valence-corrected chi connectivity index (χ3v) is 6.31. The van der Waals surface area contributed by atoms with Gasteiger partial charge in [-0.3, -0.25) is 14.4 Å². The average Bonchev–Trinajstić information content (AvgIpc) is 3.35. The third-order valence-electron chi connectivity index (χ3n) is 6.31. The predicted molar refractivity (Wildman–Crippen MR) is 128 cm³/mol. The summed E-state index contributed by atoms with van der Waals surface area (Å²) < 4.78 is 5.56. The van der Waals surface area contributed by atoms with E-state index in [1.165, 1.54) is 4.90 Å². The van der Waals surface area contributed by atoms with Crippen molar-refractivity contribution < 1.29 is 29.1 Å². The van der Waals surface area contributed by atoms with Gasteiger partial charge in [-0.2, -0.15) is 0 Å². The van der Waals surface area contributed by atoms with Crippen LogP contribution in [-0.2, 0) is 19.2 Å². The molecule has 0 radical (unpaired) electrons. The molecule has 0 saturated carbocycles. The number of amides is 2. The molecule has 35 heavy (non-hydrogen) atoms. The molecule has 2 amide bonds. The number of carboxylic acid groups (broad SMARTS) is 1. The molecule has 2 heterocycles. The van der Waals surface area contributed by atoms with Gasteiger partial charge in [-0.25, -0.2) is 14.8 Å². The summed E-state index contributed by atoms with van der Waals surface area (Å²) in [5.41, 5.74) is 3.60. The number of hydrogen-bond acceptors (Lipinski definition) is 6. The van der Waals surface area contributed by atoms with Crippen LogP contribution >= 0.6 is 0 Å². The van der Waals surface area contributed by atoms with Crippen molar-refractivity contribution in [1.29, 1.82) is 0 Å². The molecule has 3 aromatic carbocycles. The van der Waals surface area contributed by atoms with Crippen molar-refractivity contribution in [2.24, 2.45) is 5.92 Å². The van der Waals surface area contributed by atoms with Crippen LogP contribution < -0.4 is 14.7 Å². The molecule has 3 aromatic rings. The molecular weight excluding hydrogens is 448 g/mol. The normalized spacial score (nSPS) is 21.4. The number of aryl methyl sites for hydroxylation is 2. The smallest absolute Gasteiger partial charge is 0.341 e. The van der Waals surface area contributed by atoms with Crippen LogP contribution in [-0.4, -0.2) is 35.6 Å². The fourth-order valence-corrected chi connectivity index (χ4v) is 4.82. The maximum atomic E-state index is 13.8. The Hall–Kier alpha value is -4.17. The first-order valence-electron chi connectivity index (χ1n) is 11.3. The number of carboxylic acids is 1. The molecule has 0 aromatic heterocycles. The number of ether oxygens (including phenoxy) is 1. The van der Waals surface area contributed by atoms with E-state index in [-0.39, 0.29) is 5.91 Å². The van der Waals surface area contributed by atoms with Crippen molar-refractivity contribution in [2.45, 2.75) is 26.0 Å². The molecule has 1 N–H and O–H groups in total. The van der Waals surface area contributed by atoms with E-state index in [0.717, 1.165) is 11.1 Å². The van der Waals surface area contributed by atoms with Gasteiger partial charge in [0.15, 0.2) is 12.7 Å². The van der Waals surface area contributed by atoms with Crippen LogP contribution in [0, 0.1) is 19.8 Å². The van der Waals surface area contributed by atoms with Crippen LogP contribution in [0.1, 0.15) is 22.7 Å². The fourth-order valence-electron chi connectivity index (χ4n) is 4.82. The van der Waals surface area contributed by atoms with Gasteiger partial charge in [-0.1, -0.05) is 54.1 Å². The Morgan fingerprint density at radius 3 is 2.40 bits per heavy atom. The van der Waals surface area contributed by atoms with Gasteiger partial charge in [-0.15, -0.1) is 0 Å². The van der Waals surface area contributed by atoms with Crippen molar-refractivity contribution >= 4 is 29.2 Å². The molecule has 5 rings (SSSR count). The summed E-state index contributed by atoms with van der Waals surface area (Å²) >= 11 is 0. The van der Waals surface area contributed by atoms with Crippen LogP contribution in [0.5, 0.6) is 5.75 Å². The fraction of sp³-hybridized carbons (Fsp3) is 0.222. The Morgan fingerprint density at radius 1 is 0.971 bits per heavy atom. The second-order valence-electron chi connectivity index (χ2n) is 8.68. The lowest BCUT2D eigenvalue weighted by molar-refractivity contribution is -0.139. The number of rotatable bonds is 6. The molecular formula is C27H24N2O6. The average molecular weight is 472 g/mol. The maximum absolute atomic E-state index is 13.8. The monoisotopic (exact) mass is 472 g/mol. The number of para-hydroxylation sites is 2. The highest BCUT2D eigenvalue weighted by Gasteiger charge is 2.60. The summed E-state index contributed by atoms with van der Waals surface area (Å²) in [5, 5.41) is 10.7. The summed E-state index contributed by atoms with van der Waals surface area (Å²) in [6.07, 6.45) is -1.03. The van der Waals surface area contributed by atoms with Crippen LogP contribution in [0.2, 0.25) is 0 Å². The minimum Gasteiger partial charge on any atom is -0.482 e. The number of benzene rings is 3. The van der Waals surface area contributed by atoms with E-state index < -0.39 is 36.5 Å². The standard InChI is InChI=1S/C27H24N2O6/c1-16-12-13-20(17(2)14-16)28-26(32)23-24(19-10-6-7-11-21(19)34-15-22(30)31)29(35-25(23)27(28)33)18-8-4-3-5-9-18/h3-14,23-25H,15H2,1-2H3,(H,30,31)/t23-,24+,25+/m1/s1. The third kappa shape index (κ3) is 3.91. The number of anilines is 2. The number of nitrogens with zero attached hydrogens (tertiary/aromatic N) is 2. The van der Waals surface area contributed by atoms with Gasteiger partial charge in [0.1, 0.15) is 11.7 Å². The molecule has 8 heteroatoms. The van der Waals surface area contributed by atoms with Crippen LogP contribution in [0.3, 0.4) is 0 Å². The van der Waals surface area contributed by atoms with Crippen molar-refractivity contribution in [3.05, 3.63) is 89.5 Å². The zero-order chi connectivity index (χ0) is 24.7. The molecule has 178 valence electrons. The van der Waals surface area contributed by atoms with E-state index in [1.807, 2.05) is 56.3 Å². The van der Waals surface area contributed by atoms with E-state index in [2.05, 4.69) is 0 Å². The molecule has 3 atom stereocenters. The Labute approximate surface area is 202 Å². The molecule has 0 unspecified atom stereocenters. The van der Waals surface area contributed by atoms with Crippen molar-refractivity contribution in [3.63, 3.8) is 0 Å². The lowest BCUT2D eigenvalue weighted by Crippen LogP contribution is -2.37. The predicted octanol–water partition coefficient (Wildman–Crippen LogP) is 3.82. The van der Waals surface area contributed by atoms with Gasteiger partial charge in [0.25, 0.3) is 5.91 Å². The summed E-state index contributed by atoms with van der Waals surface area (Å²) in [4.78, 5) is 45.9. The van der Waals surface area contributed by atoms with Gasteiger partial charge in [0.2, 0.25) is 5.91 Å². The number of carbonyl (C=O) groups is 3. The number of aliphatic carboxylic acids is 1. The highest BCUT2D eigenvalue weighted by molar-refractivity contribution is 6.24. The van der Waals surface area contributed by atoms with Crippen LogP contribution in [0.4, 0.5) is 11.4 Å².